The Kier molecular flexibility index (Phi) is 2.93. The van der Waals surface area contributed by atoms with Crippen molar-refractivity contribution in [1.82, 2.24) is 4.98 Å². The lowest BCUT2D eigenvalue weighted by atomic mass is 9.80. The van der Waals surface area contributed by atoms with Gasteiger partial charge < -0.3 is 10.1 Å². The lowest BCUT2D eigenvalue weighted by Gasteiger charge is -2.23. The van der Waals surface area contributed by atoms with Crippen LogP contribution in [0, 0.1) is 13.8 Å². The number of benzene rings is 1. The largest absolute Gasteiger partial charge is 0.481 e. The molecular weight excluding hydrogens is 226 g/mol. The van der Waals surface area contributed by atoms with Gasteiger partial charge in [-0.1, -0.05) is 32.0 Å². The standard InChI is InChI=1S/C15H19NO2/c1-9-6-5-7-11-13(10(2)16-14(9)11)15(3,4)8-12(17)18/h5-7,16H,8H2,1-4H3,(H,17,18). The van der Waals surface area contributed by atoms with E-state index in [1.54, 1.807) is 0 Å². The minimum atomic E-state index is -0.763. The Balaban J connectivity index is 2.67. The van der Waals surface area contributed by atoms with Crippen LogP contribution < -0.4 is 0 Å². The molecule has 1 aromatic heterocycles. The van der Waals surface area contributed by atoms with Crippen LogP contribution >= 0.6 is 0 Å². The molecule has 3 heteroatoms. The van der Waals surface area contributed by atoms with E-state index in [0.29, 0.717) is 0 Å². The Morgan fingerprint density at radius 1 is 1.33 bits per heavy atom. The van der Waals surface area contributed by atoms with Crippen molar-refractivity contribution in [3.05, 3.63) is 35.0 Å². The summed E-state index contributed by atoms with van der Waals surface area (Å²) < 4.78 is 0. The van der Waals surface area contributed by atoms with Gasteiger partial charge in [0.05, 0.1) is 6.42 Å². The second-order valence-corrected chi connectivity index (χ2v) is 5.58. The number of aromatic nitrogens is 1. The zero-order valence-electron chi connectivity index (χ0n) is 11.3. The number of para-hydroxylation sites is 1. The molecule has 0 bridgehead atoms. The number of fused-ring (bicyclic) bond motifs is 1. The Labute approximate surface area is 107 Å². The summed E-state index contributed by atoms with van der Waals surface area (Å²) in [5.41, 5.74) is 4.10. The van der Waals surface area contributed by atoms with Crippen molar-refractivity contribution >= 4 is 16.9 Å². The number of aliphatic carboxylic acids is 1. The minimum absolute atomic E-state index is 0.134. The van der Waals surface area contributed by atoms with Crippen LogP contribution in [-0.2, 0) is 10.2 Å². The van der Waals surface area contributed by atoms with Gasteiger partial charge in [-0.25, -0.2) is 0 Å². The van der Waals surface area contributed by atoms with Gasteiger partial charge in [0.1, 0.15) is 0 Å². The van der Waals surface area contributed by atoms with Crippen molar-refractivity contribution < 1.29 is 9.90 Å². The van der Waals surface area contributed by atoms with Crippen molar-refractivity contribution in [2.45, 2.75) is 39.5 Å². The minimum Gasteiger partial charge on any atom is -0.481 e. The molecule has 3 nitrogen and oxygen atoms in total. The molecule has 0 radical (unpaired) electrons. The fourth-order valence-corrected chi connectivity index (χ4v) is 2.83. The van der Waals surface area contributed by atoms with Crippen LogP contribution in [0.4, 0.5) is 0 Å². The normalized spacial score (nSPS) is 12.0. The monoisotopic (exact) mass is 245 g/mol. The Morgan fingerprint density at radius 2 is 2.00 bits per heavy atom. The van der Waals surface area contributed by atoms with Crippen molar-refractivity contribution in [2.75, 3.05) is 0 Å². The smallest absolute Gasteiger partial charge is 0.304 e. The first-order valence-corrected chi connectivity index (χ1v) is 6.13. The number of hydrogen-bond donors (Lipinski definition) is 2. The maximum Gasteiger partial charge on any atom is 0.304 e. The molecule has 2 N–H and O–H groups in total. The molecule has 0 spiro atoms. The van der Waals surface area contributed by atoms with E-state index >= 15 is 0 Å². The quantitative estimate of drug-likeness (QED) is 0.869. The maximum absolute atomic E-state index is 11.0. The topological polar surface area (TPSA) is 53.1 Å². The molecule has 2 aromatic rings. The molecule has 0 unspecified atom stereocenters. The third kappa shape index (κ3) is 2.01. The van der Waals surface area contributed by atoms with Gasteiger partial charge in [-0.15, -0.1) is 0 Å². The van der Waals surface area contributed by atoms with E-state index in [-0.39, 0.29) is 11.8 Å². The number of hydrogen-bond acceptors (Lipinski definition) is 1. The summed E-state index contributed by atoms with van der Waals surface area (Å²) in [6.07, 6.45) is 0.134. The highest BCUT2D eigenvalue weighted by atomic mass is 16.4. The number of nitrogens with one attached hydrogen (secondary N) is 1. The van der Waals surface area contributed by atoms with Crippen molar-refractivity contribution in [1.29, 1.82) is 0 Å². The molecule has 18 heavy (non-hydrogen) atoms. The fourth-order valence-electron chi connectivity index (χ4n) is 2.83. The maximum atomic E-state index is 11.0. The molecule has 96 valence electrons. The molecule has 0 amide bonds. The molecule has 2 rings (SSSR count). The molecule has 0 aliphatic heterocycles. The van der Waals surface area contributed by atoms with Crippen LogP contribution in [0.25, 0.3) is 10.9 Å². The van der Waals surface area contributed by atoms with Crippen molar-refractivity contribution in [2.24, 2.45) is 0 Å². The predicted octanol–water partition coefficient (Wildman–Crippen LogP) is 3.54. The Bertz CT molecular complexity index is 608. The van der Waals surface area contributed by atoms with Crippen molar-refractivity contribution in [3.63, 3.8) is 0 Å². The van der Waals surface area contributed by atoms with Gasteiger partial charge >= 0.3 is 5.97 Å². The molecule has 1 heterocycles. The zero-order chi connectivity index (χ0) is 13.5. The van der Waals surface area contributed by atoms with Crippen LogP contribution in [0.5, 0.6) is 0 Å². The summed E-state index contributed by atoms with van der Waals surface area (Å²) >= 11 is 0. The fraction of sp³-hybridized carbons (Fsp3) is 0.400. The summed E-state index contributed by atoms with van der Waals surface area (Å²) in [6.45, 7) is 8.04. The first-order valence-electron chi connectivity index (χ1n) is 6.13. The van der Waals surface area contributed by atoms with Gasteiger partial charge in [-0.2, -0.15) is 0 Å². The molecule has 1 aromatic carbocycles. The lowest BCUT2D eigenvalue weighted by Crippen LogP contribution is -2.22. The zero-order valence-corrected chi connectivity index (χ0v) is 11.3. The Morgan fingerprint density at radius 3 is 2.61 bits per heavy atom. The van der Waals surface area contributed by atoms with E-state index in [1.165, 1.54) is 5.56 Å². The van der Waals surface area contributed by atoms with E-state index in [0.717, 1.165) is 22.2 Å². The summed E-state index contributed by atoms with van der Waals surface area (Å²) in [5, 5.41) is 10.2. The number of rotatable bonds is 3. The first kappa shape index (κ1) is 12.7. The average Bonchev–Trinajstić information content (AvgIpc) is 2.54. The van der Waals surface area contributed by atoms with Gasteiger partial charge in [-0.05, 0) is 25.0 Å². The number of carboxylic acids is 1. The third-order valence-corrected chi connectivity index (χ3v) is 3.50. The molecule has 0 aliphatic rings. The van der Waals surface area contributed by atoms with Crippen LogP contribution in [0.3, 0.4) is 0 Å². The highest BCUT2D eigenvalue weighted by Gasteiger charge is 2.29. The van der Waals surface area contributed by atoms with E-state index in [2.05, 4.69) is 24.0 Å². The van der Waals surface area contributed by atoms with E-state index < -0.39 is 5.97 Å². The highest BCUT2D eigenvalue weighted by molar-refractivity contribution is 5.88. The molecule has 0 saturated carbocycles. The second-order valence-electron chi connectivity index (χ2n) is 5.58. The number of aromatic amines is 1. The number of carbonyl (C=O) groups is 1. The van der Waals surface area contributed by atoms with Gasteiger partial charge in [0, 0.05) is 22.0 Å². The van der Waals surface area contributed by atoms with Crippen LogP contribution in [0.15, 0.2) is 18.2 Å². The average molecular weight is 245 g/mol. The van der Waals surface area contributed by atoms with E-state index in [4.69, 9.17) is 5.11 Å². The van der Waals surface area contributed by atoms with Crippen LogP contribution in [0.1, 0.15) is 37.1 Å². The Hall–Kier alpha value is -1.77. The van der Waals surface area contributed by atoms with Gasteiger partial charge in [0.25, 0.3) is 0 Å². The van der Waals surface area contributed by atoms with Crippen molar-refractivity contribution in [3.8, 4) is 0 Å². The molecule has 0 aliphatic carbocycles. The number of aryl methyl sites for hydroxylation is 2. The lowest BCUT2D eigenvalue weighted by molar-refractivity contribution is -0.138. The first-order chi connectivity index (χ1) is 8.33. The summed E-state index contributed by atoms with van der Waals surface area (Å²) in [4.78, 5) is 14.4. The van der Waals surface area contributed by atoms with Gasteiger partial charge in [-0.3, -0.25) is 4.79 Å². The van der Waals surface area contributed by atoms with Crippen LogP contribution in [0.2, 0.25) is 0 Å². The van der Waals surface area contributed by atoms with Gasteiger partial charge in [0.2, 0.25) is 0 Å². The van der Waals surface area contributed by atoms with E-state index in [9.17, 15) is 4.79 Å². The third-order valence-electron chi connectivity index (χ3n) is 3.50. The molecule has 0 fully saturated rings. The highest BCUT2D eigenvalue weighted by Crippen LogP contribution is 2.36. The molecular formula is C15H19NO2. The second kappa shape index (κ2) is 4.16. The van der Waals surface area contributed by atoms with E-state index in [1.807, 2.05) is 26.8 Å². The molecule has 0 atom stereocenters. The van der Waals surface area contributed by atoms with Crippen LogP contribution in [-0.4, -0.2) is 16.1 Å². The number of H-pyrrole nitrogens is 1. The molecule has 0 saturated heterocycles. The SMILES string of the molecule is Cc1[nH]c2c(C)cccc2c1C(C)(C)CC(=O)O. The predicted molar refractivity (Wildman–Crippen MR) is 73.1 cm³/mol. The summed E-state index contributed by atoms with van der Waals surface area (Å²) in [7, 11) is 0. The summed E-state index contributed by atoms with van der Waals surface area (Å²) in [5.74, 6) is -0.763. The van der Waals surface area contributed by atoms with Gasteiger partial charge in [0.15, 0.2) is 0 Å². The summed E-state index contributed by atoms with van der Waals surface area (Å²) in [6, 6.07) is 6.14. The number of carboxylic acid groups (broad SMARTS) is 1.